The van der Waals surface area contributed by atoms with Gasteiger partial charge in [-0.1, -0.05) is 60.7 Å². The number of amidine groups is 1. The van der Waals surface area contributed by atoms with Crippen molar-refractivity contribution >= 4 is 17.6 Å². The van der Waals surface area contributed by atoms with Gasteiger partial charge in [-0.2, -0.15) is 0 Å². The van der Waals surface area contributed by atoms with Crippen molar-refractivity contribution in [1.82, 2.24) is 4.90 Å². The first kappa shape index (κ1) is 20.8. The molecule has 2 aromatic carbocycles. The van der Waals surface area contributed by atoms with Gasteiger partial charge < -0.3 is 14.4 Å². The number of ether oxygens (including phenoxy) is 1. The number of esters is 1. The molecule has 0 saturated heterocycles. The summed E-state index contributed by atoms with van der Waals surface area (Å²) in [5.41, 5.74) is 2.28. The summed E-state index contributed by atoms with van der Waals surface area (Å²) in [5, 5.41) is 0. The molecule has 3 rings (SSSR count). The van der Waals surface area contributed by atoms with Crippen LogP contribution in [-0.2, 0) is 20.9 Å². The zero-order valence-corrected chi connectivity index (χ0v) is 17.1. The maximum Gasteiger partial charge on any atom is 0.316 e. The number of benzene rings is 2. The van der Waals surface area contributed by atoms with E-state index in [4.69, 9.17) is 9.73 Å². The molecule has 0 aliphatic carbocycles. The zero-order chi connectivity index (χ0) is 20.6. The maximum atomic E-state index is 12.7. The molecule has 0 radical (unpaired) electrons. The number of carbonyl (C=O) groups is 2. The molecule has 29 heavy (non-hydrogen) atoms. The van der Waals surface area contributed by atoms with Crippen molar-refractivity contribution in [3.8, 4) is 0 Å². The van der Waals surface area contributed by atoms with Crippen molar-refractivity contribution in [3.05, 3.63) is 71.8 Å². The van der Waals surface area contributed by atoms with Gasteiger partial charge in [-0.3, -0.25) is 9.79 Å². The molecule has 5 heteroatoms. The summed E-state index contributed by atoms with van der Waals surface area (Å²) in [6.45, 7) is 5.02. The first-order valence-electron chi connectivity index (χ1n) is 10.2. The zero-order valence-electron chi connectivity index (χ0n) is 17.1. The standard InChI is InChI=1S/C24H28N2O3/c1-3-29-24(28)21(15-14-18(2)27)23-25-22(20-12-8-5-9-13-20)17-26(23)16-19-10-6-4-7-11-19/h4-13,21-22H,3,14-17H2,1-2H3/t21?,22-/m1/s1. The maximum absolute atomic E-state index is 12.7. The fourth-order valence-corrected chi connectivity index (χ4v) is 3.64. The first-order chi connectivity index (χ1) is 14.1. The van der Waals surface area contributed by atoms with Crippen LogP contribution in [0.1, 0.15) is 43.9 Å². The normalized spacial score (nSPS) is 17.0. The molecule has 1 aliphatic rings. The van der Waals surface area contributed by atoms with E-state index in [0.717, 1.165) is 17.0 Å². The van der Waals surface area contributed by atoms with Gasteiger partial charge in [-0.05, 0) is 31.4 Å². The molecule has 2 atom stereocenters. The highest BCUT2D eigenvalue weighted by molar-refractivity contribution is 6.02. The van der Waals surface area contributed by atoms with Crippen LogP contribution in [-0.4, -0.2) is 35.6 Å². The Balaban J connectivity index is 1.91. The van der Waals surface area contributed by atoms with Gasteiger partial charge in [0.2, 0.25) is 0 Å². The first-order valence-corrected chi connectivity index (χ1v) is 10.2. The number of nitrogens with zero attached hydrogens (tertiary/aromatic N) is 2. The van der Waals surface area contributed by atoms with Crippen LogP contribution in [0.15, 0.2) is 65.7 Å². The number of carbonyl (C=O) groups excluding carboxylic acids is 2. The van der Waals surface area contributed by atoms with Crippen LogP contribution >= 0.6 is 0 Å². The summed E-state index contributed by atoms with van der Waals surface area (Å²) in [6.07, 6.45) is 0.748. The lowest BCUT2D eigenvalue weighted by molar-refractivity contribution is -0.146. The topological polar surface area (TPSA) is 59.0 Å². The summed E-state index contributed by atoms with van der Waals surface area (Å²) >= 11 is 0. The van der Waals surface area contributed by atoms with Gasteiger partial charge >= 0.3 is 5.97 Å². The Hall–Kier alpha value is -2.95. The minimum Gasteiger partial charge on any atom is -0.465 e. The predicted molar refractivity (Wildman–Crippen MR) is 114 cm³/mol. The molecule has 0 aromatic heterocycles. The number of hydrogen-bond acceptors (Lipinski definition) is 5. The molecule has 1 unspecified atom stereocenters. The van der Waals surface area contributed by atoms with Gasteiger partial charge in [0.15, 0.2) is 0 Å². The molecule has 0 amide bonds. The van der Waals surface area contributed by atoms with E-state index in [1.807, 2.05) is 36.4 Å². The molecule has 1 heterocycles. The highest BCUT2D eigenvalue weighted by Crippen LogP contribution is 2.30. The summed E-state index contributed by atoms with van der Waals surface area (Å²) in [5.74, 6) is -0.0509. The van der Waals surface area contributed by atoms with Crippen LogP contribution in [0.5, 0.6) is 0 Å². The molecule has 0 saturated carbocycles. The van der Waals surface area contributed by atoms with Gasteiger partial charge in [0.25, 0.3) is 0 Å². The molecular weight excluding hydrogens is 364 g/mol. The molecule has 5 nitrogen and oxygen atoms in total. The number of ketones is 1. The van der Waals surface area contributed by atoms with E-state index in [1.54, 1.807) is 13.8 Å². The van der Waals surface area contributed by atoms with E-state index in [1.165, 1.54) is 0 Å². The SMILES string of the molecule is CCOC(=O)C(CCC(C)=O)C1=N[C@@H](c2ccccc2)CN1Cc1ccccc1. The summed E-state index contributed by atoms with van der Waals surface area (Å²) in [7, 11) is 0. The van der Waals surface area contributed by atoms with Crippen LogP contribution in [0.4, 0.5) is 0 Å². The van der Waals surface area contributed by atoms with E-state index in [9.17, 15) is 9.59 Å². The largest absolute Gasteiger partial charge is 0.465 e. The number of aliphatic imine (C=N–C) groups is 1. The fourth-order valence-electron chi connectivity index (χ4n) is 3.64. The molecule has 0 spiro atoms. The molecule has 1 aliphatic heterocycles. The van der Waals surface area contributed by atoms with Crippen LogP contribution in [0.25, 0.3) is 0 Å². The van der Waals surface area contributed by atoms with Crippen molar-refractivity contribution in [3.63, 3.8) is 0 Å². The monoisotopic (exact) mass is 392 g/mol. The molecule has 0 bridgehead atoms. The molecule has 0 N–H and O–H groups in total. The predicted octanol–water partition coefficient (Wildman–Crippen LogP) is 4.19. The Morgan fingerprint density at radius 3 is 2.38 bits per heavy atom. The van der Waals surface area contributed by atoms with Crippen molar-refractivity contribution in [2.45, 2.75) is 39.3 Å². The lowest BCUT2D eigenvalue weighted by atomic mass is 9.99. The van der Waals surface area contributed by atoms with Gasteiger partial charge in [0, 0.05) is 19.5 Å². The fraction of sp³-hybridized carbons (Fsp3) is 0.375. The average Bonchev–Trinajstić information content (AvgIpc) is 3.13. The number of hydrogen-bond donors (Lipinski definition) is 0. The summed E-state index contributed by atoms with van der Waals surface area (Å²) in [4.78, 5) is 31.4. The van der Waals surface area contributed by atoms with Crippen LogP contribution < -0.4 is 0 Å². The second-order valence-electron chi connectivity index (χ2n) is 7.33. The third-order valence-corrected chi connectivity index (χ3v) is 5.07. The van der Waals surface area contributed by atoms with E-state index in [2.05, 4.69) is 29.2 Å². The van der Waals surface area contributed by atoms with Crippen LogP contribution in [0, 0.1) is 5.92 Å². The van der Waals surface area contributed by atoms with Gasteiger partial charge in [0.05, 0.1) is 12.6 Å². The number of Topliss-reactive ketones (excluding diaryl/α,β-unsaturated/α-hetero) is 1. The summed E-state index contributed by atoms with van der Waals surface area (Å²) < 4.78 is 5.33. The Kier molecular flexibility index (Phi) is 7.17. The van der Waals surface area contributed by atoms with Gasteiger partial charge in [-0.25, -0.2) is 0 Å². The molecule has 0 fully saturated rings. The van der Waals surface area contributed by atoms with Crippen molar-refractivity contribution in [2.75, 3.05) is 13.2 Å². The van der Waals surface area contributed by atoms with E-state index in [-0.39, 0.29) is 17.8 Å². The van der Waals surface area contributed by atoms with Crippen molar-refractivity contribution in [2.24, 2.45) is 10.9 Å². The molecule has 2 aromatic rings. The second-order valence-corrected chi connectivity index (χ2v) is 7.33. The lowest BCUT2D eigenvalue weighted by Gasteiger charge is -2.26. The van der Waals surface area contributed by atoms with Crippen LogP contribution in [0.2, 0.25) is 0 Å². The summed E-state index contributed by atoms with van der Waals surface area (Å²) in [6, 6.07) is 20.2. The molecular formula is C24H28N2O3. The van der Waals surface area contributed by atoms with Crippen LogP contribution in [0.3, 0.4) is 0 Å². The lowest BCUT2D eigenvalue weighted by Crippen LogP contribution is -2.37. The van der Waals surface area contributed by atoms with E-state index >= 15 is 0 Å². The highest BCUT2D eigenvalue weighted by atomic mass is 16.5. The number of rotatable bonds is 9. The van der Waals surface area contributed by atoms with Gasteiger partial charge in [0.1, 0.15) is 17.5 Å². The Morgan fingerprint density at radius 2 is 1.76 bits per heavy atom. The van der Waals surface area contributed by atoms with E-state index < -0.39 is 5.92 Å². The third-order valence-electron chi connectivity index (χ3n) is 5.07. The van der Waals surface area contributed by atoms with Gasteiger partial charge in [-0.15, -0.1) is 0 Å². The average molecular weight is 392 g/mol. The van der Waals surface area contributed by atoms with Crippen molar-refractivity contribution in [1.29, 1.82) is 0 Å². The Morgan fingerprint density at radius 1 is 1.10 bits per heavy atom. The minimum atomic E-state index is -0.531. The molecule has 152 valence electrons. The minimum absolute atomic E-state index is 0.0378. The third kappa shape index (κ3) is 5.53. The highest BCUT2D eigenvalue weighted by Gasteiger charge is 2.36. The quantitative estimate of drug-likeness (QED) is 0.601. The smallest absolute Gasteiger partial charge is 0.316 e. The second kappa shape index (κ2) is 10.0. The van der Waals surface area contributed by atoms with E-state index in [0.29, 0.717) is 32.5 Å². The Labute approximate surface area is 172 Å². The Bertz CT molecular complexity index is 849. The van der Waals surface area contributed by atoms with Crippen molar-refractivity contribution < 1.29 is 14.3 Å².